The zero-order valence-corrected chi connectivity index (χ0v) is 13.2. The largest absolute Gasteiger partial charge is 0.265 e. The second-order valence-electron chi connectivity index (χ2n) is 4.48. The highest BCUT2D eigenvalue weighted by Crippen LogP contribution is 2.10. The van der Waals surface area contributed by atoms with Crippen molar-refractivity contribution >= 4 is 0 Å². The summed E-state index contributed by atoms with van der Waals surface area (Å²) in [4.78, 5) is 15.9. The van der Waals surface area contributed by atoms with Crippen LogP contribution in [0.25, 0.3) is 11.4 Å². The minimum absolute atomic E-state index is 0.915. The predicted octanol–water partition coefficient (Wildman–Crippen LogP) is 4.31. The average molecular weight is 314 g/mol. The summed E-state index contributed by atoms with van der Waals surface area (Å²) in [5.74, 6) is 0. The van der Waals surface area contributed by atoms with Gasteiger partial charge in [-0.15, -0.1) is 0 Å². The second kappa shape index (κ2) is 11.2. The highest BCUT2D eigenvalue weighted by atomic mass is 14.7. The van der Waals surface area contributed by atoms with Crippen molar-refractivity contribution in [2.45, 2.75) is 0 Å². The van der Waals surface area contributed by atoms with Crippen molar-refractivity contribution in [1.82, 2.24) is 19.9 Å². The quantitative estimate of drug-likeness (QED) is 0.525. The van der Waals surface area contributed by atoms with Gasteiger partial charge < -0.3 is 0 Å². The molecule has 0 radical (unpaired) electrons. The molecule has 0 saturated heterocycles. The van der Waals surface area contributed by atoms with Gasteiger partial charge in [0.1, 0.15) is 0 Å². The van der Waals surface area contributed by atoms with Crippen LogP contribution in [0.1, 0.15) is 0 Å². The molecule has 24 heavy (non-hydrogen) atoms. The molecule has 4 rings (SSSR count). The molecule has 4 nitrogen and oxygen atoms in total. The van der Waals surface area contributed by atoms with Crippen LogP contribution in [0, 0.1) is 0 Å². The summed E-state index contributed by atoms with van der Waals surface area (Å²) >= 11 is 0. The molecular formula is C20H18N4. The van der Waals surface area contributed by atoms with E-state index in [0.29, 0.717) is 0 Å². The lowest BCUT2D eigenvalue weighted by Gasteiger charge is -1.96. The van der Waals surface area contributed by atoms with E-state index in [4.69, 9.17) is 0 Å². The maximum atomic E-state index is 4.19. The van der Waals surface area contributed by atoms with Gasteiger partial charge in [0.05, 0.1) is 11.4 Å². The first kappa shape index (κ1) is 17.0. The number of hydrogen-bond acceptors (Lipinski definition) is 4. The van der Waals surface area contributed by atoms with Crippen LogP contribution in [0.3, 0.4) is 0 Å². The van der Waals surface area contributed by atoms with Crippen LogP contribution in [-0.2, 0) is 0 Å². The van der Waals surface area contributed by atoms with Gasteiger partial charge in [0.25, 0.3) is 0 Å². The van der Waals surface area contributed by atoms with Crippen molar-refractivity contribution in [2.24, 2.45) is 0 Å². The SMILES string of the molecule is c1ccc(-c2ccccn2)nc1.c1ccncc1.c1ccncc1. The van der Waals surface area contributed by atoms with Gasteiger partial charge in [-0.3, -0.25) is 19.9 Å². The second-order valence-corrected chi connectivity index (χ2v) is 4.48. The highest BCUT2D eigenvalue weighted by molar-refractivity contribution is 5.52. The Morgan fingerprint density at radius 1 is 0.375 bits per heavy atom. The van der Waals surface area contributed by atoms with Crippen LogP contribution in [0.15, 0.2) is 110 Å². The molecule has 0 unspecified atom stereocenters. The third kappa shape index (κ3) is 7.04. The Hall–Kier alpha value is -3.40. The Morgan fingerprint density at radius 2 is 0.750 bits per heavy atom. The van der Waals surface area contributed by atoms with Crippen LogP contribution in [0.4, 0.5) is 0 Å². The minimum atomic E-state index is 0.915. The van der Waals surface area contributed by atoms with Crippen LogP contribution >= 0.6 is 0 Å². The summed E-state index contributed by atoms with van der Waals surface area (Å²) in [5.41, 5.74) is 1.83. The molecule has 0 atom stereocenters. The minimum Gasteiger partial charge on any atom is -0.265 e. The monoisotopic (exact) mass is 314 g/mol. The van der Waals surface area contributed by atoms with Gasteiger partial charge in [0.2, 0.25) is 0 Å². The standard InChI is InChI=1S/C10H8N2.2C5H5N/c1-3-7-11-9(5-1)10-6-2-4-8-12-10;2*1-2-4-6-5-3-1/h1-8H;2*1-5H. The number of hydrogen-bond donors (Lipinski definition) is 0. The first-order valence-electron chi connectivity index (χ1n) is 7.49. The van der Waals surface area contributed by atoms with Crippen LogP contribution in [0.2, 0.25) is 0 Å². The molecule has 0 amide bonds. The lowest BCUT2D eigenvalue weighted by atomic mass is 10.2. The Morgan fingerprint density at radius 3 is 0.958 bits per heavy atom. The molecular weight excluding hydrogens is 296 g/mol. The summed E-state index contributed by atoms with van der Waals surface area (Å²) in [6.07, 6.45) is 10.5. The van der Waals surface area contributed by atoms with Gasteiger partial charge in [-0.25, -0.2) is 0 Å². The van der Waals surface area contributed by atoms with Crippen molar-refractivity contribution < 1.29 is 0 Å². The topological polar surface area (TPSA) is 51.6 Å². The fourth-order valence-electron chi connectivity index (χ4n) is 1.65. The van der Waals surface area contributed by atoms with Crippen molar-refractivity contribution in [3.05, 3.63) is 110 Å². The van der Waals surface area contributed by atoms with Crippen molar-refractivity contribution in [3.8, 4) is 11.4 Å². The van der Waals surface area contributed by atoms with E-state index in [1.54, 1.807) is 37.2 Å². The Bertz CT molecular complexity index is 626. The fraction of sp³-hybridized carbons (Fsp3) is 0. The molecule has 0 aliphatic rings. The Labute approximate surface area is 141 Å². The van der Waals surface area contributed by atoms with Crippen molar-refractivity contribution in [1.29, 1.82) is 0 Å². The summed E-state index contributed by atoms with van der Waals surface area (Å²) in [7, 11) is 0. The third-order valence-corrected chi connectivity index (χ3v) is 2.73. The highest BCUT2D eigenvalue weighted by Gasteiger charge is 1.95. The van der Waals surface area contributed by atoms with Gasteiger partial charge in [0.15, 0.2) is 0 Å². The number of pyridine rings is 4. The molecule has 0 N–H and O–H groups in total. The third-order valence-electron chi connectivity index (χ3n) is 2.73. The average Bonchev–Trinajstić information content (AvgIpc) is 2.73. The van der Waals surface area contributed by atoms with E-state index >= 15 is 0 Å². The molecule has 4 aromatic heterocycles. The molecule has 0 fully saturated rings. The first-order valence-corrected chi connectivity index (χ1v) is 7.49. The molecule has 4 aromatic rings. The van der Waals surface area contributed by atoms with Gasteiger partial charge in [0, 0.05) is 37.2 Å². The number of nitrogens with zero attached hydrogens (tertiary/aromatic N) is 4. The van der Waals surface area contributed by atoms with E-state index in [0.717, 1.165) is 11.4 Å². The van der Waals surface area contributed by atoms with Crippen molar-refractivity contribution in [2.75, 3.05) is 0 Å². The van der Waals surface area contributed by atoms with Crippen LogP contribution < -0.4 is 0 Å². The van der Waals surface area contributed by atoms with Gasteiger partial charge >= 0.3 is 0 Å². The molecule has 4 heterocycles. The molecule has 0 saturated carbocycles. The zero-order valence-electron chi connectivity index (χ0n) is 13.2. The van der Waals surface area contributed by atoms with Gasteiger partial charge in [-0.1, -0.05) is 24.3 Å². The normalized spacial score (nSPS) is 8.83. The van der Waals surface area contributed by atoms with Gasteiger partial charge in [-0.2, -0.15) is 0 Å². The molecule has 0 bridgehead atoms. The molecule has 0 aliphatic carbocycles. The van der Waals surface area contributed by atoms with Crippen LogP contribution in [0.5, 0.6) is 0 Å². The predicted molar refractivity (Wildman–Crippen MR) is 95.9 cm³/mol. The lowest BCUT2D eigenvalue weighted by Crippen LogP contribution is -1.83. The molecule has 118 valence electrons. The van der Waals surface area contributed by atoms with E-state index in [9.17, 15) is 0 Å². The fourth-order valence-corrected chi connectivity index (χ4v) is 1.65. The zero-order chi connectivity index (χ0) is 16.7. The van der Waals surface area contributed by atoms with E-state index in [1.807, 2.05) is 72.8 Å². The smallest absolute Gasteiger partial charge is 0.0886 e. The summed E-state index contributed by atoms with van der Waals surface area (Å²) in [6.45, 7) is 0. The summed E-state index contributed by atoms with van der Waals surface area (Å²) < 4.78 is 0. The van der Waals surface area contributed by atoms with E-state index in [-0.39, 0.29) is 0 Å². The van der Waals surface area contributed by atoms with Crippen molar-refractivity contribution in [3.63, 3.8) is 0 Å². The molecule has 0 aliphatic heterocycles. The van der Waals surface area contributed by atoms with E-state index in [1.165, 1.54) is 0 Å². The van der Waals surface area contributed by atoms with Crippen LogP contribution in [-0.4, -0.2) is 19.9 Å². The molecule has 0 aromatic carbocycles. The Kier molecular flexibility index (Phi) is 7.92. The maximum Gasteiger partial charge on any atom is 0.0886 e. The lowest BCUT2D eigenvalue weighted by molar-refractivity contribution is 1.25. The summed E-state index contributed by atoms with van der Waals surface area (Å²) in [6, 6.07) is 23.0. The van der Waals surface area contributed by atoms with Gasteiger partial charge in [-0.05, 0) is 48.5 Å². The molecule has 0 spiro atoms. The first-order chi connectivity index (χ1) is 12.0. The Balaban J connectivity index is 0.000000146. The van der Waals surface area contributed by atoms with E-state index < -0.39 is 0 Å². The summed E-state index contributed by atoms with van der Waals surface area (Å²) in [5, 5.41) is 0. The maximum absolute atomic E-state index is 4.19. The number of aromatic nitrogens is 4. The molecule has 4 heteroatoms. The number of rotatable bonds is 1. The van der Waals surface area contributed by atoms with E-state index in [2.05, 4.69) is 19.9 Å².